The first-order chi connectivity index (χ1) is 8.87. The van der Waals surface area contributed by atoms with Crippen molar-refractivity contribution in [3.05, 3.63) is 30.0 Å². The number of alkyl halides is 3. The summed E-state index contributed by atoms with van der Waals surface area (Å²) in [5.74, 6) is -0.562. The molecule has 1 N–H and O–H groups in total. The fourth-order valence-electron chi connectivity index (χ4n) is 1.59. The number of halogens is 3. The molecule has 0 amide bonds. The average molecular weight is 273 g/mol. The number of fused-ring (bicyclic) bond motifs is 1. The second-order valence-electron chi connectivity index (χ2n) is 3.51. The fraction of sp³-hybridized carbons (Fsp3) is 0.308. The third-order valence-corrected chi connectivity index (χ3v) is 2.27. The monoisotopic (exact) mass is 273 g/mol. The average Bonchev–Trinajstić information content (AvgIpc) is 2.72. The third kappa shape index (κ3) is 3.74. The van der Waals surface area contributed by atoms with Gasteiger partial charge in [0.15, 0.2) is 5.78 Å². The molecule has 0 unspecified atom stereocenters. The van der Waals surface area contributed by atoms with E-state index in [1.165, 1.54) is 31.3 Å². The van der Waals surface area contributed by atoms with Crippen molar-refractivity contribution in [1.29, 1.82) is 0 Å². The summed E-state index contributed by atoms with van der Waals surface area (Å²) < 4.78 is 39.9. The zero-order valence-electron chi connectivity index (χ0n) is 10.8. The Hall–Kier alpha value is -1.98. The minimum Gasteiger partial charge on any atom is -0.406 e. The molecule has 0 saturated heterocycles. The summed E-state index contributed by atoms with van der Waals surface area (Å²) in [5.41, 5.74) is 0.928. The number of ether oxygens (including phenoxy) is 1. The zero-order valence-corrected chi connectivity index (χ0v) is 10.8. The van der Waals surface area contributed by atoms with Crippen LogP contribution in [0.5, 0.6) is 5.75 Å². The van der Waals surface area contributed by atoms with Crippen molar-refractivity contribution in [3.63, 3.8) is 0 Å². The quantitative estimate of drug-likeness (QED) is 0.829. The molecule has 19 heavy (non-hydrogen) atoms. The number of hydrogen-bond acceptors (Lipinski definition) is 2. The highest BCUT2D eigenvalue weighted by Crippen LogP contribution is 2.28. The van der Waals surface area contributed by atoms with Gasteiger partial charge in [-0.3, -0.25) is 4.79 Å². The summed E-state index contributed by atoms with van der Waals surface area (Å²) >= 11 is 0. The standard InChI is InChI=1S/C11H8F3NO2.C2H6/c1-6(16)9-5-15-10-3-2-7(4-8(9)10)17-11(12,13)14;1-2/h2-5,15H,1H3;1-2H3. The largest absolute Gasteiger partial charge is 0.573 e. The van der Waals surface area contributed by atoms with Crippen molar-refractivity contribution in [1.82, 2.24) is 4.98 Å². The van der Waals surface area contributed by atoms with Crippen LogP contribution in [0.2, 0.25) is 0 Å². The summed E-state index contributed by atoms with van der Waals surface area (Å²) in [4.78, 5) is 14.0. The molecular weight excluding hydrogens is 259 g/mol. The summed E-state index contributed by atoms with van der Waals surface area (Å²) in [6.45, 7) is 5.35. The van der Waals surface area contributed by atoms with Crippen LogP contribution < -0.4 is 4.74 Å². The van der Waals surface area contributed by atoms with Crippen LogP contribution in [0.4, 0.5) is 13.2 Å². The number of nitrogens with one attached hydrogen (secondary N) is 1. The van der Waals surface area contributed by atoms with Crippen LogP contribution in [-0.2, 0) is 0 Å². The van der Waals surface area contributed by atoms with Crippen LogP contribution in [0.1, 0.15) is 31.1 Å². The number of aromatic amines is 1. The van der Waals surface area contributed by atoms with Crippen molar-refractivity contribution in [2.24, 2.45) is 0 Å². The number of hydrogen-bond donors (Lipinski definition) is 1. The highest BCUT2D eigenvalue weighted by atomic mass is 19.4. The maximum absolute atomic E-state index is 12.0. The molecule has 3 nitrogen and oxygen atoms in total. The number of Topliss-reactive ketones (excluding diaryl/α,β-unsaturated/α-hetero) is 1. The zero-order chi connectivity index (χ0) is 14.6. The SMILES string of the molecule is CC.CC(=O)c1c[nH]c2ccc(OC(F)(F)F)cc12. The first-order valence-electron chi connectivity index (χ1n) is 5.74. The van der Waals surface area contributed by atoms with E-state index in [-0.39, 0.29) is 11.5 Å². The van der Waals surface area contributed by atoms with Crippen molar-refractivity contribution < 1.29 is 22.7 Å². The molecule has 104 valence electrons. The maximum Gasteiger partial charge on any atom is 0.573 e. The van der Waals surface area contributed by atoms with E-state index in [4.69, 9.17) is 0 Å². The number of aromatic nitrogens is 1. The van der Waals surface area contributed by atoms with E-state index in [9.17, 15) is 18.0 Å². The van der Waals surface area contributed by atoms with Crippen molar-refractivity contribution in [3.8, 4) is 5.75 Å². The van der Waals surface area contributed by atoms with E-state index in [2.05, 4.69) is 9.72 Å². The summed E-state index contributed by atoms with van der Waals surface area (Å²) in [6, 6.07) is 3.81. The summed E-state index contributed by atoms with van der Waals surface area (Å²) in [6.07, 6.45) is -3.27. The molecular formula is C13H14F3NO2. The molecule has 1 aromatic heterocycles. The molecule has 1 heterocycles. The van der Waals surface area contributed by atoms with Gasteiger partial charge < -0.3 is 9.72 Å². The predicted molar refractivity (Wildman–Crippen MR) is 66.3 cm³/mol. The Bertz CT molecular complexity index is 573. The minimum absolute atomic E-state index is 0.222. The number of carbonyl (C=O) groups excluding carboxylic acids is 1. The Morgan fingerprint density at radius 3 is 2.42 bits per heavy atom. The van der Waals surface area contributed by atoms with E-state index in [0.29, 0.717) is 16.5 Å². The van der Waals surface area contributed by atoms with E-state index in [0.717, 1.165) is 0 Å². The molecule has 0 atom stereocenters. The molecule has 6 heteroatoms. The lowest BCUT2D eigenvalue weighted by atomic mass is 10.1. The van der Waals surface area contributed by atoms with Gasteiger partial charge in [-0.2, -0.15) is 0 Å². The van der Waals surface area contributed by atoms with Gasteiger partial charge in [0, 0.05) is 22.7 Å². The molecule has 0 aliphatic rings. The molecule has 2 rings (SSSR count). The van der Waals surface area contributed by atoms with Crippen LogP contribution in [0.3, 0.4) is 0 Å². The second-order valence-corrected chi connectivity index (χ2v) is 3.51. The van der Waals surface area contributed by atoms with E-state index in [1.807, 2.05) is 13.8 Å². The van der Waals surface area contributed by atoms with Gasteiger partial charge in [-0.25, -0.2) is 0 Å². The molecule has 0 saturated carbocycles. The molecule has 0 bridgehead atoms. The molecule has 0 aliphatic carbocycles. The lowest BCUT2D eigenvalue weighted by molar-refractivity contribution is -0.274. The van der Waals surface area contributed by atoms with Crippen LogP contribution in [0.25, 0.3) is 10.9 Å². The molecule has 1 aromatic carbocycles. The Kier molecular flexibility index (Phi) is 4.58. The van der Waals surface area contributed by atoms with Gasteiger partial charge >= 0.3 is 6.36 Å². The maximum atomic E-state index is 12.0. The van der Waals surface area contributed by atoms with Gasteiger partial charge in [0.2, 0.25) is 0 Å². The number of rotatable bonds is 2. The van der Waals surface area contributed by atoms with Crippen LogP contribution >= 0.6 is 0 Å². The van der Waals surface area contributed by atoms with Crippen LogP contribution in [-0.4, -0.2) is 17.1 Å². The van der Waals surface area contributed by atoms with Crippen LogP contribution in [0.15, 0.2) is 24.4 Å². The number of H-pyrrole nitrogens is 1. The summed E-state index contributed by atoms with van der Waals surface area (Å²) in [5, 5.41) is 0.416. The highest BCUT2D eigenvalue weighted by Gasteiger charge is 2.31. The lowest BCUT2D eigenvalue weighted by Crippen LogP contribution is -2.17. The van der Waals surface area contributed by atoms with Crippen LogP contribution in [0, 0.1) is 0 Å². The Balaban J connectivity index is 0.000000861. The van der Waals surface area contributed by atoms with Gasteiger partial charge in [0.25, 0.3) is 0 Å². The van der Waals surface area contributed by atoms with Gasteiger partial charge in [0.05, 0.1) is 0 Å². The van der Waals surface area contributed by atoms with Gasteiger partial charge in [-0.15, -0.1) is 13.2 Å². The van der Waals surface area contributed by atoms with Gasteiger partial charge in [-0.1, -0.05) is 13.8 Å². The van der Waals surface area contributed by atoms with Crippen molar-refractivity contribution in [2.75, 3.05) is 0 Å². The lowest BCUT2D eigenvalue weighted by Gasteiger charge is -2.08. The molecule has 0 aliphatic heterocycles. The Morgan fingerprint density at radius 1 is 1.26 bits per heavy atom. The predicted octanol–water partition coefficient (Wildman–Crippen LogP) is 4.30. The highest BCUT2D eigenvalue weighted by molar-refractivity contribution is 6.06. The summed E-state index contributed by atoms with van der Waals surface area (Å²) in [7, 11) is 0. The van der Waals surface area contributed by atoms with Gasteiger partial charge in [0.1, 0.15) is 5.75 Å². The first-order valence-corrected chi connectivity index (χ1v) is 5.74. The minimum atomic E-state index is -4.74. The second kappa shape index (κ2) is 5.77. The Morgan fingerprint density at radius 2 is 1.89 bits per heavy atom. The Labute approximate surface area is 108 Å². The number of benzene rings is 1. The molecule has 0 radical (unpaired) electrons. The van der Waals surface area contributed by atoms with E-state index < -0.39 is 6.36 Å². The first kappa shape index (κ1) is 15.1. The van der Waals surface area contributed by atoms with E-state index >= 15 is 0 Å². The molecule has 0 spiro atoms. The van der Waals surface area contributed by atoms with E-state index in [1.54, 1.807) is 0 Å². The number of ketones is 1. The van der Waals surface area contributed by atoms with Crippen molar-refractivity contribution in [2.45, 2.75) is 27.1 Å². The molecule has 0 fully saturated rings. The normalized spacial score (nSPS) is 10.8. The van der Waals surface area contributed by atoms with Gasteiger partial charge in [-0.05, 0) is 25.1 Å². The third-order valence-electron chi connectivity index (χ3n) is 2.27. The molecule has 2 aromatic rings. The smallest absolute Gasteiger partial charge is 0.406 e. The van der Waals surface area contributed by atoms with Crippen molar-refractivity contribution >= 4 is 16.7 Å². The fourth-order valence-corrected chi connectivity index (χ4v) is 1.59. The number of carbonyl (C=O) groups is 1. The topological polar surface area (TPSA) is 42.1 Å².